The second-order valence-corrected chi connectivity index (χ2v) is 5.69. The van der Waals surface area contributed by atoms with Gasteiger partial charge in [-0.05, 0) is 36.4 Å². The standard InChI is InChI=1S/C18H15F3N2O.C2H2O.C2H6.CH2O.H2/c1-22-17(24)12-6-7-14-15(10-23(2)16(14)9-12)11-4-3-5-13(8-11)18(19,20)21;1-2-3;2*1-2;/h3-10H,1-2H3,(H,22,24);1H2;1-2H3;1H2;1H. The highest BCUT2D eigenvalue weighted by Crippen LogP contribution is 2.35. The van der Waals surface area contributed by atoms with E-state index in [9.17, 15) is 18.0 Å². The monoisotopic (exact) mass is 436 g/mol. The number of nitrogens with zero attached hydrogens (tertiary/aromatic N) is 1. The molecule has 1 amide bonds. The number of aromatic nitrogens is 1. The molecule has 2 aromatic carbocycles. The van der Waals surface area contributed by atoms with E-state index in [2.05, 4.69) is 11.9 Å². The minimum absolute atomic E-state index is 0. The molecule has 0 fully saturated rings. The van der Waals surface area contributed by atoms with Gasteiger partial charge in [-0.1, -0.05) is 32.0 Å². The van der Waals surface area contributed by atoms with Gasteiger partial charge < -0.3 is 14.7 Å². The molecule has 1 N–H and O–H groups in total. The summed E-state index contributed by atoms with van der Waals surface area (Å²) in [5, 5.41) is 3.35. The van der Waals surface area contributed by atoms with Gasteiger partial charge >= 0.3 is 6.18 Å². The van der Waals surface area contributed by atoms with E-state index in [0.29, 0.717) is 16.7 Å². The molecule has 168 valence electrons. The minimum atomic E-state index is -4.38. The first-order valence-corrected chi connectivity index (χ1v) is 9.14. The summed E-state index contributed by atoms with van der Waals surface area (Å²) in [6.45, 7) is 8.68. The molecule has 0 bridgehead atoms. The third-order valence-electron chi connectivity index (χ3n) is 3.98. The van der Waals surface area contributed by atoms with Crippen LogP contribution in [-0.2, 0) is 22.8 Å². The van der Waals surface area contributed by atoms with E-state index in [-0.39, 0.29) is 7.33 Å². The zero-order valence-electron chi connectivity index (χ0n) is 17.8. The van der Waals surface area contributed by atoms with Gasteiger partial charge in [-0.25, -0.2) is 4.79 Å². The van der Waals surface area contributed by atoms with Crippen LogP contribution in [0.4, 0.5) is 13.2 Å². The molecule has 8 heteroatoms. The maximum atomic E-state index is 12.9. The summed E-state index contributed by atoms with van der Waals surface area (Å²) in [6, 6.07) is 10.4. The molecular weight excluding hydrogens is 409 g/mol. The third-order valence-corrected chi connectivity index (χ3v) is 3.98. The number of amides is 1. The van der Waals surface area contributed by atoms with Crippen molar-refractivity contribution in [2.75, 3.05) is 7.05 Å². The molecule has 0 aliphatic carbocycles. The number of hydrogen-bond donors (Lipinski definition) is 1. The average Bonchev–Trinajstić information content (AvgIpc) is 3.12. The molecule has 0 spiro atoms. The summed E-state index contributed by atoms with van der Waals surface area (Å²) in [4.78, 5) is 28.3. The fourth-order valence-electron chi connectivity index (χ4n) is 2.76. The van der Waals surface area contributed by atoms with Crippen LogP contribution in [0.15, 0.2) is 55.2 Å². The van der Waals surface area contributed by atoms with Crippen molar-refractivity contribution in [1.82, 2.24) is 9.88 Å². The van der Waals surface area contributed by atoms with Crippen LogP contribution in [-0.4, -0.2) is 30.3 Å². The molecule has 0 saturated heterocycles. The number of hydrogen-bond acceptors (Lipinski definition) is 3. The molecule has 0 aliphatic rings. The number of nitrogens with one attached hydrogen (secondary N) is 1. The van der Waals surface area contributed by atoms with Crippen molar-refractivity contribution in [1.29, 1.82) is 0 Å². The molecule has 3 rings (SSSR count). The zero-order chi connectivity index (χ0) is 24.2. The van der Waals surface area contributed by atoms with Crippen LogP contribution in [0.2, 0.25) is 0 Å². The summed E-state index contributed by atoms with van der Waals surface area (Å²) in [7, 11) is 3.35. The minimum Gasteiger partial charge on any atom is -0.355 e. The van der Waals surface area contributed by atoms with E-state index >= 15 is 0 Å². The molecule has 0 saturated carbocycles. The Bertz CT molecular complexity index is 1040. The quantitative estimate of drug-likeness (QED) is 0.553. The van der Waals surface area contributed by atoms with Gasteiger partial charge in [0.05, 0.1) is 5.56 Å². The fraction of sp³-hybridized carbons (Fsp3) is 0.217. The van der Waals surface area contributed by atoms with E-state index in [1.54, 1.807) is 49.1 Å². The van der Waals surface area contributed by atoms with Gasteiger partial charge in [0.15, 0.2) is 0 Å². The van der Waals surface area contributed by atoms with Crippen LogP contribution >= 0.6 is 0 Å². The van der Waals surface area contributed by atoms with Crippen LogP contribution in [0.3, 0.4) is 0 Å². The van der Waals surface area contributed by atoms with Crippen molar-refractivity contribution in [3.05, 3.63) is 66.4 Å². The van der Waals surface area contributed by atoms with E-state index in [4.69, 9.17) is 9.59 Å². The van der Waals surface area contributed by atoms with Crippen molar-refractivity contribution in [2.24, 2.45) is 7.05 Å². The van der Waals surface area contributed by atoms with Crippen LogP contribution < -0.4 is 5.32 Å². The lowest BCUT2D eigenvalue weighted by Gasteiger charge is -2.08. The second kappa shape index (κ2) is 12.8. The van der Waals surface area contributed by atoms with E-state index in [0.717, 1.165) is 23.0 Å². The Labute approximate surface area is 180 Å². The summed E-state index contributed by atoms with van der Waals surface area (Å²) >= 11 is 0. The SMILES string of the molecule is C=C=O.C=O.CC.CNC(=O)c1ccc2c(-c3cccc(C(F)(F)F)c3)cn(C)c2c1.[HH]. The molecule has 31 heavy (non-hydrogen) atoms. The maximum absolute atomic E-state index is 12.9. The Morgan fingerprint density at radius 1 is 1.13 bits per heavy atom. The Kier molecular flexibility index (Phi) is 11.3. The Balaban J connectivity index is 0. The Hall–Kier alpha value is -3.64. The highest BCUT2D eigenvalue weighted by atomic mass is 19.4. The van der Waals surface area contributed by atoms with Crippen molar-refractivity contribution >= 4 is 29.5 Å². The van der Waals surface area contributed by atoms with Gasteiger partial charge in [0.2, 0.25) is 0 Å². The van der Waals surface area contributed by atoms with Crippen LogP contribution in [0, 0.1) is 0 Å². The first-order chi connectivity index (χ1) is 14.7. The van der Waals surface area contributed by atoms with E-state index in [1.165, 1.54) is 12.0 Å². The lowest BCUT2D eigenvalue weighted by atomic mass is 10.0. The van der Waals surface area contributed by atoms with Gasteiger partial charge in [0.1, 0.15) is 12.7 Å². The van der Waals surface area contributed by atoms with Crippen molar-refractivity contribution in [3.8, 4) is 11.1 Å². The summed E-state index contributed by atoms with van der Waals surface area (Å²) in [5.41, 5.74) is 1.79. The first-order valence-electron chi connectivity index (χ1n) is 9.14. The number of halogens is 3. The maximum Gasteiger partial charge on any atom is 0.416 e. The molecule has 3 aromatic rings. The van der Waals surface area contributed by atoms with Gasteiger partial charge in [-0.2, -0.15) is 13.2 Å². The first kappa shape index (κ1) is 27.4. The molecule has 5 nitrogen and oxygen atoms in total. The second-order valence-electron chi connectivity index (χ2n) is 5.69. The highest BCUT2D eigenvalue weighted by molar-refractivity contribution is 6.02. The number of alkyl halides is 3. The van der Waals surface area contributed by atoms with Crippen molar-refractivity contribution < 1.29 is 29.0 Å². The number of aryl methyl sites for hydroxylation is 1. The molecule has 1 aromatic heterocycles. The normalized spacial score (nSPS) is 9.65. The lowest BCUT2D eigenvalue weighted by molar-refractivity contribution is -0.137. The molecule has 1 heterocycles. The number of carbonyl (C=O) groups excluding carboxylic acids is 3. The largest absolute Gasteiger partial charge is 0.416 e. The smallest absolute Gasteiger partial charge is 0.355 e. The van der Waals surface area contributed by atoms with Gasteiger partial charge in [0.25, 0.3) is 5.91 Å². The highest BCUT2D eigenvalue weighted by Gasteiger charge is 2.30. The van der Waals surface area contributed by atoms with Crippen LogP contribution in [0.5, 0.6) is 0 Å². The predicted molar refractivity (Wildman–Crippen MR) is 119 cm³/mol. The zero-order valence-corrected chi connectivity index (χ0v) is 17.8. The Morgan fingerprint density at radius 3 is 2.23 bits per heavy atom. The number of rotatable bonds is 2. The fourth-order valence-corrected chi connectivity index (χ4v) is 2.76. The van der Waals surface area contributed by atoms with Gasteiger partial charge in [-0.3, -0.25) is 4.79 Å². The van der Waals surface area contributed by atoms with Crippen molar-refractivity contribution in [3.63, 3.8) is 0 Å². The molecule has 0 aliphatic heterocycles. The van der Waals surface area contributed by atoms with Crippen LogP contribution in [0.1, 0.15) is 31.2 Å². The molecule has 0 radical (unpaired) electrons. The number of carbonyl (C=O) groups is 2. The third kappa shape index (κ3) is 6.97. The van der Waals surface area contributed by atoms with Crippen molar-refractivity contribution in [2.45, 2.75) is 20.0 Å². The average molecular weight is 436 g/mol. The van der Waals surface area contributed by atoms with Gasteiger partial charge in [-0.15, -0.1) is 0 Å². The van der Waals surface area contributed by atoms with Gasteiger partial charge in [0, 0.05) is 43.7 Å². The van der Waals surface area contributed by atoms with E-state index in [1.807, 2.05) is 20.6 Å². The predicted octanol–water partition coefficient (Wildman–Crippen LogP) is 5.32. The number of benzene rings is 2. The number of fused-ring (bicyclic) bond motifs is 1. The Morgan fingerprint density at radius 2 is 1.71 bits per heavy atom. The lowest BCUT2D eigenvalue weighted by Crippen LogP contribution is -2.17. The summed E-state index contributed by atoms with van der Waals surface area (Å²) in [6.07, 6.45) is -2.61. The summed E-state index contributed by atoms with van der Waals surface area (Å²) < 4.78 is 40.6. The molecular formula is C23H27F3N2O3. The summed E-state index contributed by atoms with van der Waals surface area (Å²) in [5.74, 6) is 1.04. The topological polar surface area (TPSA) is 68.2 Å². The molecule has 0 unspecified atom stereocenters. The molecule has 0 atom stereocenters. The van der Waals surface area contributed by atoms with Crippen LogP contribution in [0.25, 0.3) is 22.0 Å². The van der Waals surface area contributed by atoms with E-state index < -0.39 is 11.7 Å².